The summed E-state index contributed by atoms with van der Waals surface area (Å²) in [5, 5.41) is 9.13. The number of amides is 2. The van der Waals surface area contributed by atoms with E-state index in [0.29, 0.717) is 43.4 Å². The summed E-state index contributed by atoms with van der Waals surface area (Å²) in [6, 6.07) is 7.36. The Morgan fingerprint density at radius 1 is 1.00 bits per heavy atom. The Labute approximate surface area is 226 Å². The molecule has 2 aromatic rings. The zero-order valence-corrected chi connectivity index (χ0v) is 21.2. The molecule has 0 bridgehead atoms. The van der Waals surface area contributed by atoms with Crippen molar-refractivity contribution in [3.05, 3.63) is 59.2 Å². The van der Waals surface area contributed by atoms with Crippen LogP contribution in [0.1, 0.15) is 78.9 Å². The largest absolute Gasteiger partial charge is 0.573 e. The molecule has 12 heteroatoms. The molecule has 3 aliphatic rings. The average molecular weight is 567 g/mol. The number of rotatable bonds is 8. The van der Waals surface area contributed by atoms with Gasteiger partial charge < -0.3 is 19.6 Å². The van der Waals surface area contributed by atoms with Crippen molar-refractivity contribution in [3.8, 4) is 5.75 Å². The number of carbonyl (C=O) groups excluding carboxylic acids is 2. The Hall–Kier alpha value is -3.70. The number of alkyl halides is 5. The summed E-state index contributed by atoms with van der Waals surface area (Å²) in [7, 11) is 0. The molecule has 1 heterocycles. The zero-order valence-electron chi connectivity index (χ0n) is 21.2. The molecule has 0 unspecified atom stereocenters. The molecular formula is C28H27F5N2O5. The Bertz CT molecular complexity index is 1290. The van der Waals surface area contributed by atoms with E-state index in [2.05, 4.69) is 4.74 Å². The van der Waals surface area contributed by atoms with E-state index >= 15 is 0 Å². The number of anilines is 1. The maximum Gasteiger partial charge on any atom is 0.573 e. The van der Waals surface area contributed by atoms with E-state index in [1.54, 1.807) is 4.90 Å². The topological polar surface area (TPSA) is 87.2 Å². The van der Waals surface area contributed by atoms with Gasteiger partial charge in [-0.15, -0.1) is 13.2 Å². The number of carbonyl (C=O) groups is 3. The van der Waals surface area contributed by atoms with Crippen molar-refractivity contribution >= 4 is 23.5 Å². The van der Waals surface area contributed by atoms with Crippen LogP contribution in [0.4, 0.5) is 27.6 Å². The van der Waals surface area contributed by atoms with Gasteiger partial charge in [-0.1, -0.05) is 12.5 Å². The quantitative estimate of drug-likeness (QED) is 0.382. The second-order valence-electron chi connectivity index (χ2n) is 10.4. The lowest BCUT2D eigenvalue weighted by Gasteiger charge is -2.48. The number of hydrogen-bond donors (Lipinski definition) is 1. The van der Waals surface area contributed by atoms with E-state index in [1.807, 2.05) is 0 Å². The zero-order chi connectivity index (χ0) is 28.8. The molecule has 2 aliphatic carbocycles. The predicted octanol–water partition coefficient (Wildman–Crippen LogP) is 6.25. The fourth-order valence-corrected chi connectivity index (χ4v) is 6.07. The molecule has 1 aliphatic heterocycles. The maximum absolute atomic E-state index is 13.8. The van der Waals surface area contributed by atoms with Crippen molar-refractivity contribution in [3.63, 3.8) is 0 Å². The van der Waals surface area contributed by atoms with Gasteiger partial charge >= 0.3 is 12.3 Å². The third-order valence-corrected chi connectivity index (χ3v) is 7.78. The molecule has 0 radical (unpaired) electrons. The van der Waals surface area contributed by atoms with Gasteiger partial charge in [0.1, 0.15) is 5.75 Å². The summed E-state index contributed by atoms with van der Waals surface area (Å²) >= 11 is 0. The van der Waals surface area contributed by atoms with Gasteiger partial charge in [-0.2, -0.15) is 0 Å². The standard InChI is InChI=1S/C28H27F5N2O5/c29-26(30)16-6-11-22-20(14-16)25(34(17-7-8-17)23(36)12-13-24(37)38)19-2-1-3-21(19)35(22)27(39)15-4-9-18(10-5-15)40-28(31,32)33/h4-6,9-11,14,17,19,21,25-26H,1-3,7-8,12-13H2,(H,37,38)/t19-,21+,25+/m0/s1. The van der Waals surface area contributed by atoms with E-state index in [4.69, 9.17) is 5.11 Å². The summed E-state index contributed by atoms with van der Waals surface area (Å²) in [6.07, 6.45) is -4.92. The lowest BCUT2D eigenvalue weighted by atomic mass is 9.80. The van der Waals surface area contributed by atoms with Gasteiger partial charge in [0.2, 0.25) is 5.91 Å². The summed E-state index contributed by atoms with van der Waals surface area (Å²) in [5.74, 6) is -2.76. The van der Waals surface area contributed by atoms with Crippen LogP contribution in [-0.2, 0) is 9.59 Å². The number of benzene rings is 2. The van der Waals surface area contributed by atoms with Crippen LogP contribution in [0.3, 0.4) is 0 Å². The molecule has 214 valence electrons. The normalized spacial score (nSPS) is 22.1. The smallest absolute Gasteiger partial charge is 0.481 e. The summed E-state index contributed by atoms with van der Waals surface area (Å²) < 4.78 is 69.3. The van der Waals surface area contributed by atoms with E-state index in [9.17, 15) is 36.3 Å². The molecule has 2 fully saturated rings. The number of carboxylic acid groups (broad SMARTS) is 1. The molecule has 2 aromatic carbocycles. The summed E-state index contributed by atoms with van der Waals surface area (Å²) in [4.78, 5) is 41.5. The van der Waals surface area contributed by atoms with Crippen LogP contribution >= 0.6 is 0 Å². The molecule has 1 N–H and O–H groups in total. The number of hydrogen-bond acceptors (Lipinski definition) is 4. The predicted molar refractivity (Wildman–Crippen MR) is 132 cm³/mol. The molecule has 5 rings (SSSR count). The van der Waals surface area contributed by atoms with E-state index < -0.39 is 36.5 Å². The second-order valence-corrected chi connectivity index (χ2v) is 10.4. The third kappa shape index (κ3) is 5.62. The van der Waals surface area contributed by atoms with Crippen LogP contribution < -0.4 is 9.64 Å². The van der Waals surface area contributed by atoms with Crippen LogP contribution in [0.15, 0.2) is 42.5 Å². The Morgan fingerprint density at radius 3 is 2.30 bits per heavy atom. The molecule has 7 nitrogen and oxygen atoms in total. The highest BCUT2D eigenvalue weighted by Crippen LogP contribution is 2.53. The van der Waals surface area contributed by atoms with Gasteiger partial charge in [0.25, 0.3) is 12.3 Å². The molecule has 0 aromatic heterocycles. The van der Waals surface area contributed by atoms with Crippen molar-refractivity contribution in [2.75, 3.05) is 4.90 Å². The fourth-order valence-electron chi connectivity index (χ4n) is 6.07. The molecule has 2 saturated carbocycles. The Balaban J connectivity index is 1.56. The third-order valence-electron chi connectivity index (χ3n) is 7.78. The van der Waals surface area contributed by atoms with Crippen LogP contribution in [0.2, 0.25) is 0 Å². The monoisotopic (exact) mass is 566 g/mol. The van der Waals surface area contributed by atoms with Crippen LogP contribution in [0, 0.1) is 5.92 Å². The van der Waals surface area contributed by atoms with Gasteiger partial charge in [0.05, 0.1) is 12.5 Å². The maximum atomic E-state index is 13.8. The lowest BCUT2D eigenvalue weighted by Crippen LogP contribution is -2.53. The Morgan fingerprint density at radius 2 is 1.70 bits per heavy atom. The molecule has 0 spiro atoms. The van der Waals surface area contributed by atoms with Gasteiger partial charge in [0.15, 0.2) is 0 Å². The number of aliphatic carboxylic acids is 1. The van der Waals surface area contributed by atoms with Gasteiger partial charge in [-0.05, 0) is 67.6 Å². The molecule has 0 saturated heterocycles. The number of carboxylic acids is 1. The highest BCUT2D eigenvalue weighted by Gasteiger charge is 2.51. The Kier molecular flexibility index (Phi) is 7.45. The number of fused-ring (bicyclic) bond motifs is 2. The first-order valence-corrected chi connectivity index (χ1v) is 13.1. The van der Waals surface area contributed by atoms with E-state index in [0.717, 1.165) is 12.1 Å². The first kappa shape index (κ1) is 27.9. The van der Waals surface area contributed by atoms with Crippen molar-refractivity contribution in [2.45, 2.75) is 75.9 Å². The highest BCUT2D eigenvalue weighted by atomic mass is 19.4. The van der Waals surface area contributed by atoms with E-state index in [1.165, 1.54) is 35.2 Å². The van der Waals surface area contributed by atoms with Crippen molar-refractivity contribution in [1.29, 1.82) is 0 Å². The van der Waals surface area contributed by atoms with Crippen LogP contribution in [0.25, 0.3) is 0 Å². The van der Waals surface area contributed by atoms with Gasteiger partial charge in [-0.25, -0.2) is 8.78 Å². The molecule has 3 atom stereocenters. The van der Waals surface area contributed by atoms with Gasteiger partial charge in [0, 0.05) is 41.2 Å². The van der Waals surface area contributed by atoms with Crippen molar-refractivity contribution < 1.29 is 46.2 Å². The molecule has 40 heavy (non-hydrogen) atoms. The lowest BCUT2D eigenvalue weighted by molar-refractivity contribution is -0.274. The first-order chi connectivity index (χ1) is 18.9. The summed E-state index contributed by atoms with van der Waals surface area (Å²) in [5.41, 5.74) is 0.575. The fraction of sp³-hybridized carbons (Fsp3) is 0.464. The van der Waals surface area contributed by atoms with E-state index in [-0.39, 0.29) is 47.9 Å². The van der Waals surface area contributed by atoms with Gasteiger partial charge in [-0.3, -0.25) is 14.4 Å². The summed E-state index contributed by atoms with van der Waals surface area (Å²) in [6.45, 7) is 0. The number of ether oxygens (including phenoxy) is 1. The minimum Gasteiger partial charge on any atom is -0.481 e. The second kappa shape index (κ2) is 10.7. The molecule has 2 amide bonds. The average Bonchev–Trinajstić information content (AvgIpc) is 3.61. The minimum absolute atomic E-state index is 0.0964. The van der Waals surface area contributed by atoms with Crippen molar-refractivity contribution in [2.24, 2.45) is 5.92 Å². The minimum atomic E-state index is -4.89. The first-order valence-electron chi connectivity index (χ1n) is 13.1. The number of nitrogens with zero attached hydrogens (tertiary/aromatic N) is 2. The molecular weight excluding hydrogens is 539 g/mol. The highest BCUT2D eigenvalue weighted by molar-refractivity contribution is 6.07. The van der Waals surface area contributed by atoms with Crippen molar-refractivity contribution in [1.82, 2.24) is 4.90 Å². The number of halogens is 5. The van der Waals surface area contributed by atoms with Crippen LogP contribution in [-0.4, -0.2) is 46.2 Å². The SMILES string of the molecule is O=C(O)CCC(=O)N(C1CC1)[C@H]1c2cc(C(F)F)ccc2N(C(=O)c2ccc(OC(F)(F)F)cc2)[C@@H]2CCC[C@@H]21. The van der Waals surface area contributed by atoms with Crippen LogP contribution in [0.5, 0.6) is 5.75 Å².